The monoisotopic (exact) mass is 315 g/mol. The van der Waals surface area contributed by atoms with Crippen LogP contribution in [-0.4, -0.2) is 18.5 Å². The Balaban J connectivity index is 1.83. The summed E-state index contributed by atoms with van der Waals surface area (Å²) >= 11 is 0. The van der Waals surface area contributed by atoms with Gasteiger partial charge in [-0.1, -0.05) is 72.8 Å². The van der Waals surface area contributed by atoms with E-state index in [1.54, 1.807) is 0 Å². The molecule has 24 heavy (non-hydrogen) atoms. The first-order valence-electron chi connectivity index (χ1n) is 8.39. The fourth-order valence-electron chi connectivity index (χ4n) is 3.38. The van der Waals surface area contributed by atoms with E-state index in [0.29, 0.717) is 0 Å². The molecule has 0 bridgehead atoms. The van der Waals surface area contributed by atoms with Crippen LogP contribution >= 0.6 is 0 Å². The molecular weight excluding hydrogens is 294 g/mol. The lowest BCUT2D eigenvalue weighted by Gasteiger charge is -2.24. The summed E-state index contributed by atoms with van der Waals surface area (Å²) in [4.78, 5) is 2.34. The van der Waals surface area contributed by atoms with E-state index in [-0.39, 0.29) is 6.10 Å². The van der Waals surface area contributed by atoms with Gasteiger partial charge >= 0.3 is 0 Å². The number of hydrogen-bond acceptors (Lipinski definition) is 2. The van der Waals surface area contributed by atoms with E-state index in [1.807, 2.05) is 12.1 Å². The number of para-hydroxylation sites is 1. The van der Waals surface area contributed by atoms with Gasteiger partial charge in [0.2, 0.25) is 0 Å². The maximum absolute atomic E-state index is 6.49. The maximum Gasteiger partial charge on any atom is 0.136 e. The highest BCUT2D eigenvalue weighted by molar-refractivity contribution is 5.73. The van der Waals surface area contributed by atoms with Crippen molar-refractivity contribution in [3.63, 3.8) is 0 Å². The summed E-state index contributed by atoms with van der Waals surface area (Å²) in [6.45, 7) is 1.77. The Morgan fingerprint density at radius 3 is 2.29 bits per heavy atom. The lowest BCUT2D eigenvalue weighted by atomic mass is 9.99. The molecule has 4 rings (SSSR count). The number of hydrogen-bond donors (Lipinski definition) is 0. The van der Waals surface area contributed by atoms with Gasteiger partial charge in [-0.25, -0.2) is 0 Å². The number of benzene rings is 3. The number of rotatable bonds is 1. The van der Waals surface area contributed by atoms with Gasteiger partial charge in [0.05, 0.1) is 0 Å². The van der Waals surface area contributed by atoms with Gasteiger partial charge in [-0.05, 0) is 29.8 Å². The number of nitrogens with zero attached hydrogens (tertiary/aromatic N) is 1. The molecule has 0 saturated heterocycles. The molecule has 0 radical (unpaired) electrons. The summed E-state index contributed by atoms with van der Waals surface area (Å²) in [6.07, 6.45) is 0.0201. The topological polar surface area (TPSA) is 12.5 Å². The predicted octanol–water partition coefficient (Wildman–Crippen LogP) is 4.92. The van der Waals surface area contributed by atoms with Crippen molar-refractivity contribution in [2.75, 3.05) is 13.6 Å². The van der Waals surface area contributed by atoms with Crippen LogP contribution < -0.4 is 4.74 Å². The fraction of sp³-hybridized carbons (Fsp3) is 0.182. The lowest BCUT2D eigenvalue weighted by molar-refractivity contribution is 0.148. The van der Waals surface area contributed by atoms with Crippen molar-refractivity contribution < 1.29 is 4.74 Å². The van der Waals surface area contributed by atoms with Crippen molar-refractivity contribution in [3.05, 3.63) is 90.0 Å². The van der Waals surface area contributed by atoms with Crippen LogP contribution in [0.2, 0.25) is 0 Å². The molecule has 0 saturated carbocycles. The van der Waals surface area contributed by atoms with Crippen molar-refractivity contribution in [1.82, 2.24) is 4.90 Å². The third kappa shape index (κ3) is 2.93. The molecule has 0 aromatic heterocycles. The Morgan fingerprint density at radius 1 is 0.792 bits per heavy atom. The molecule has 0 N–H and O–H groups in total. The SMILES string of the molecule is CN1Cc2ccccc2-c2ccccc2O[C@@H](c2ccccc2)C1. The van der Waals surface area contributed by atoms with Gasteiger partial charge in [-0.2, -0.15) is 0 Å². The molecule has 0 amide bonds. The lowest BCUT2D eigenvalue weighted by Crippen LogP contribution is -2.26. The van der Waals surface area contributed by atoms with Crippen molar-refractivity contribution in [2.24, 2.45) is 0 Å². The summed E-state index contributed by atoms with van der Waals surface area (Å²) in [6, 6.07) is 27.5. The van der Waals surface area contributed by atoms with E-state index in [0.717, 1.165) is 18.8 Å². The van der Waals surface area contributed by atoms with Crippen LogP contribution in [-0.2, 0) is 6.54 Å². The van der Waals surface area contributed by atoms with Crippen LogP contribution in [0.15, 0.2) is 78.9 Å². The zero-order valence-electron chi connectivity index (χ0n) is 13.9. The smallest absolute Gasteiger partial charge is 0.136 e. The summed E-state index contributed by atoms with van der Waals surface area (Å²) in [5.74, 6) is 0.953. The first-order chi connectivity index (χ1) is 11.8. The second-order valence-corrected chi connectivity index (χ2v) is 6.37. The predicted molar refractivity (Wildman–Crippen MR) is 98.0 cm³/mol. The van der Waals surface area contributed by atoms with Gasteiger partial charge < -0.3 is 4.74 Å². The summed E-state index contributed by atoms with van der Waals surface area (Å²) < 4.78 is 6.49. The zero-order chi connectivity index (χ0) is 16.4. The van der Waals surface area contributed by atoms with E-state index in [9.17, 15) is 0 Å². The third-order valence-electron chi connectivity index (χ3n) is 4.55. The minimum Gasteiger partial charge on any atom is -0.484 e. The molecule has 0 fully saturated rings. The van der Waals surface area contributed by atoms with Crippen LogP contribution in [0.1, 0.15) is 17.2 Å². The Kier molecular flexibility index (Phi) is 4.06. The van der Waals surface area contributed by atoms with Crippen LogP contribution in [0.5, 0.6) is 5.75 Å². The van der Waals surface area contributed by atoms with Gasteiger partial charge in [0.1, 0.15) is 11.9 Å². The van der Waals surface area contributed by atoms with Crippen LogP contribution in [0, 0.1) is 0 Å². The molecule has 120 valence electrons. The molecule has 3 aromatic carbocycles. The Hall–Kier alpha value is -2.58. The summed E-state index contributed by atoms with van der Waals surface area (Å²) in [7, 11) is 2.16. The zero-order valence-corrected chi connectivity index (χ0v) is 13.9. The quantitative estimate of drug-likeness (QED) is 0.632. The summed E-state index contributed by atoms with van der Waals surface area (Å²) in [5.41, 5.74) is 4.98. The molecule has 1 heterocycles. The molecule has 0 unspecified atom stereocenters. The number of ether oxygens (including phenoxy) is 1. The van der Waals surface area contributed by atoms with Crippen molar-refractivity contribution in [2.45, 2.75) is 12.6 Å². The molecule has 2 heteroatoms. The number of likely N-dealkylation sites (N-methyl/N-ethyl adjacent to an activating group) is 1. The molecule has 0 spiro atoms. The van der Waals surface area contributed by atoms with Crippen molar-refractivity contribution in [1.29, 1.82) is 0 Å². The van der Waals surface area contributed by atoms with E-state index in [2.05, 4.69) is 78.7 Å². The van der Waals surface area contributed by atoms with E-state index < -0.39 is 0 Å². The fourth-order valence-corrected chi connectivity index (χ4v) is 3.38. The highest BCUT2D eigenvalue weighted by atomic mass is 16.5. The van der Waals surface area contributed by atoms with E-state index in [4.69, 9.17) is 4.74 Å². The molecule has 0 aliphatic carbocycles. The maximum atomic E-state index is 6.49. The Bertz CT molecular complexity index is 828. The minimum absolute atomic E-state index is 0.0201. The van der Waals surface area contributed by atoms with Gasteiger partial charge in [-0.3, -0.25) is 4.90 Å². The third-order valence-corrected chi connectivity index (χ3v) is 4.55. The normalized spacial score (nSPS) is 17.6. The highest BCUT2D eigenvalue weighted by Gasteiger charge is 2.21. The second kappa shape index (κ2) is 6.50. The van der Waals surface area contributed by atoms with Crippen molar-refractivity contribution in [3.8, 4) is 16.9 Å². The largest absolute Gasteiger partial charge is 0.484 e. The molecule has 1 aliphatic rings. The number of fused-ring (bicyclic) bond motifs is 3. The Labute approximate surface area is 143 Å². The Morgan fingerprint density at radius 2 is 1.46 bits per heavy atom. The molecule has 3 aromatic rings. The average Bonchev–Trinajstić information content (AvgIpc) is 2.68. The highest BCUT2D eigenvalue weighted by Crippen LogP contribution is 2.36. The van der Waals surface area contributed by atoms with Gasteiger partial charge in [0.15, 0.2) is 0 Å². The van der Waals surface area contributed by atoms with Crippen LogP contribution in [0.3, 0.4) is 0 Å². The standard InChI is InChI=1S/C22H21NO/c1-23-15-18-11-5-6-12-19(18)20-13-7-8-14-21(20)24-22(16-23)17-9-3-2-4-10-17/h2-14,22H,15-16H2,1H3/t22-/m1/s1. The average molecular weight is 315 g/mol. The van der Waals surface area contributed by atoms with E-state index >= 15 is 0 Å². The molecule has 1 atom stereocenters. The van der Waals surface area contributed by atoms with Gasteiger partial charge in [0, 0.05) is 18.7 Å². The molecule has 2 nitrogen and oxygen atoms in total. The minimum atomic E-state index is 0.0201. The van der Waals surface area contributed by atoms with Crippen LogP contribution in [0.4, 0.5) is 0 Å². The van der Waals surface area contributed by atoms with Crippen LogP contribution in [0.25, 0.3) is 11.1 Å². The first-order valence-corrected chi connectivity index (χ1v) is 8.39. The van der Waals surface area contributed by atoms with Gasteiger partial charge in [-0.15, -0.1) is 0 Å². The summed E-state index contributed by atoms with van der Waals surface area (Å²) in [5, 5.41) is 0. The van der Waals surface area contributed by atoms with E-state index in [1.165, 1.54) is 22.3 Å². The van der Waals surface area contributed by atoms with Gasteiger partial charge in [0.25, 0.3) is 0 Å². The molecular formula is C22H21NO. The molecule has 1 aliphatic heterocycles. The first kappa shape index (κ1) is 15.0. The van der Waals surface area contributed by atoms with Crippen molar-refractivity contribution >= 4 is 0 Å². The second-order valence-electron chi connectivity index (χ2n) is 6.37.